The average molecular weight is 247 g/mol. The van der Waals surface area contributed by atoms with E-state index in [4.69, 9.17) is 0 Å². The summed E-state index contributed by atoms with van der Waals surface area (Å²) in [6, 6.07) is 8.33. The van der Waals surface area contributed by atoms with Crippen molar-refractivity contribution in [2.45, 2.75) is 12.5 Å². The van der Waals surface area contributed by atoms with Crippen LogP contribution in [0.1, 0.15) is 18.0 Å². The second-order valence-electron chi connectivity index (χ2n) is 4.75. The van der Waals surface area contributed by atoms with Crippen LogP contribution in [0.5, 0.6) is 0 Å². The van der Waals surface area contributed by atoms with E-state index in [-0.39, 0.29) is 5.82 Å². The molecule has 96 valence electrons. The van der Waals surface area contributed by atoms with E-state index in [1.165, 1.54) is 6.07 Å². The summed E-state index contributed by atoms with van der Waals surface area (Å²) in [7, 11) is 2.08. The summed E-state index contributed by atoms with van der Waals surface area (Å²) in [6.45, 7) is 3.61. The molecule has 1 unspecified atom stereocenters. The molecule has 1 fully saturated rings. The van der Waals surface area contributed by atoms with E-state index in [0.29, 0.717) is 5.56 Å². The van der Waals surface area contributed by atoms with Gasteiger partial charge in [0.05, 0.1) is 6.07 Å². The Morgan fingerprint density at radius 2 is 2.00 bits per heavy atom. The van der Waals surface area contributed by atoms with Gasteiger partial charge in [0, 0.05) is 25.2 Å². The molecular formula is C14H18FN3. The third-order valence-corrected chi connectivity index (χ3v) is 3.44. The Bertz CT molecular complexity index is 441. The lowest BCUT2D eigenvalue weighted by atomic mass is 10.1. The van der Waals surface area contributed by atoms with Crippen molar-refractivity contribution in [2.75, 3.05) is 33.2 Å². The SMILES string of the molecule is CN1CCCN(C(C#N)c2ccccc2F)CC1. The predicted octanol–water partition coefficient (Wildman–Crippen LogP) is 2.03. The van der Waals surface area contributed by atoms with Crippen molar-refractivity contribution < 1.29 is 4.39 Å². The molecule has 1 aliphatic rings. The third kappa shape index (κ3) is 2.87. The lowest BCUT2D eigenvalue weighted by molar-refractivity contribution is 0.238. The second-order valence-corrected chi connectivity index (χ2v) is 4.75. The van der Waals surface area contributed by atoms with Crippen molar-refractivity contribution in [3.8, 4) is 6.07 Å². The maximum absolute atomic E-state index is 13.8. The summed E-state index contributed by atoms with van der Waals surface area (Å²) in [6.07, 6.45) is 1.02. The van der Waals surface area contributed by atoms with Crippen LogP contribution >= 0.6 is 0 Å². The van der Waals surface area contributed by atoms with Gasteiger partial charge in [0.1, 0.15) is 11.9 Å². The highest BCUT2D eigenvalue weighted by Gasteiger charge is 2.24. The monoisotopic (exact) mass is 247 g/mol. The molecule has 18 heavy (non-hydrogen) atoms. The molecule has 0 bridgehead atoms. The molecule has 1 heterocycles. The smallest absolute Gasteiger partial charge is 0.129 e. The maximum Gasteiger partial charge on any atom is 0.129 e. The van der Waals surface area contributed by atoms with Gasteiger partial charge in [-0.25, -0.2) is 4.39 Å². The van der Waals surface area contributed by atoms with E-state index >= 15 is 0 Å². The molecule has 0 aromatic heterocycles. The summed E-state index contributed by atoms with van der Waals surface area (Å²) >= 11 is 0. The van der Waals surface area contributed by atoms with Crippen molar-refractivity contribution in [1.29, 1.82) is 5.26 Å². The number of hydrogen-bond acceptors (Lipinski definition) is 3. The zero-order valence-corrected chi connectivity index (χ0v) is 10.6. The van der Waals surface area contributed by atoms with Crippen molar-refractivity contribution in [3.63, 3.8) is 0 Å². The van der Waals surface area contributed by atoms with Gasteiger partial charge in [0.15, 0.2) is 0 Å². The molecule has 0 aliphatic carbocycles. The minimum atomic E-state index is -0.474. The quantitative estimate of drug-likeness (QED) is 0.801. The molecule has 1 aromatic carbocycles. The number of benzene rings is 1. The highest BCUT2D eigenvalue weighted by molar-refractivity contribution is 5.26. The van der Waals surface area contributed by atoms with Crippen LogP contribution in [-0.4, -0.2) is 43.0 Å². The molecule has 4 heteroatoms. The maximum atomic E-state index is 13.8. The lowest BCUT2D eigenvalue weighted by Gasteiger charge is -2.25. The van der Waals surface area contributed by atoms with Crippen LogP contribution in [0, 0.1) is 17.1 Å². The Morgan fingerprint density at radius 1 is 1.22 bits per heavy atom. The summed E-state index contributed by atoms with van der Waals surface area (Å²) in [5.41, 5.74) is 0.490. The van der Waals surface area contributed by atoms with Gasteiger partial charge >= 0.3 is 0 Å². The van der Waals surface area contributed by atoms with E-state index < -0.39 is 6.04 Å². The van der Waals surface area contributed by atoms with Crippen molar-refractivity contribution in [3.05, 3.63) is 35.6 Å². The van der Waals surface area contributed by atoms with Gasteiger partial charge in [0.2, 0.25) is 0 Å². The molecule has 1 aliphatic heterocycles. The first kappa shape index (κ1) is 13.0. The first-order chi connectivity index (χ1) is 8.72. The standard InChI is InChI=1S/C14H18FN3/c1-17-7-4-8-18(10-9-17)14(11-16)12-5-2-3-6-13(12)15/h2-3,5-6,14H,4,7-10H2,1H3. The highest BCUT2D eigenvalue weighted by Crippen LogP contribution is 2.23. The minimum Gasteiger partial charge on any atom is -0.305 e. The summed E-state index contributed by atoms with van der Waals surface area (Å²) in [4.78, 5) is 4.32. The molecule has 2 rings (SSSR count). The molecule has 0 radical (unpaired) electrons. The van der Waals surface area contributed by atoms with Gasteiger partial charge in [-0.05, 0) is 26.1 Å². The van der Waals surface area contributed by atoms with Crippen molar-refractivity contribution in [2.24, 2.45) is 0 Å². The van der Waals surface area contributed by atoms with Crippen LogP contribution in [0.3, 0.4) is 0 Å². The van der Waals surface area contributed by atoms with Gasteiger partial charge < -0.3 is 4.90 Å². The van der Waals surface area contributed by atoms with Crippen LogP contribution in [0.15, 0.2) is 24.3 Å². The largest absolute Gasteiger partial charge is 0.305 e. The van der Waals surface area contributed by atoms with Gasteiger partial charge in [-0.2, -0.15) is 5.26 Å². The molecule has 1 atom stereocenters. The summed E-state index contributed by atoms with van der Waals surface area (Å²) in [5, 5.41) is 9.34. The first-order valence-corrected chi connectivity index (χ1v) is 6.29. The Labute approximate surface area is 107 Å². The number of likely N-dealkylation sites (N-methyl/N-ethyl adjacent to an activating group) is 1. The molecular weight excluding hydrogens is 229 g/mol. The fourth-order valence-corrected chi connectivity index (χ4v) is 2.37. The Hall–Kier alpha value is -1.44. The molecule has 1 saturated heterocycles. The molecule has 1 aromatic rings. The highest BCUT2D eigenvalue weighted by atomic mass is 19.1. The lowest BCUT2D eigenvalue weighted by Crippen LogP contribution is -2.32. The number of hydrogen-bond donors (Lipinski definition) is 0. The Morgan fingerprint density at radius 3 is 2.72 bits per heavy atom. The van der Waals surface area contributed by atoms with Crippen molar-refractivity contribution >= 4 is 0 Å². The Kier molecular flexibility index (Phi) is 4.29. The normalized spacial score (nSPS) is 20.1. The van der Waals surface area contributed by atoms with E-state index in [1.807, 2.05) is 0 Å². The molecule has 0 N–H and O–H groups in total. The van der Waals surface area contributed by atoms with E-state index in [1.54, 1.807) is 18.2 Å². The fourth-order valence-electron chi connectivity index (χ4n) is 2.37. The molecule has 3 nitrogen and oxygen atoms in total. The van der Waals surface area contributed by atoms with Crippen LogP contribution < -0.4 is 0 Å². The third-order valence-electron chi connectivity index (χ3n) is 3.44. The van der Waals surface area contributed by atoms with E-state index in [2.05, 4.69) is 22.9 Å². The summed E-state index contributed by atoms with van der Waals surface area (Å²) in [5.74, 6) is -0.290. The second kappa shape index (κ2) is 5.94. The van der Waals surface area contributed by atoms with Crippen LogP contribution in [-0.2, 0) is 0 Å². The van der Waals surface area contributed by atoms with E-state index in [0.717, 1.165) is 32.6 Å². The fraction of sp³-hybridized carbons (Fsp3) is 0.500. The minimum absolute atomic E-state index is 0.290. The predicted molar refractivity (Wildman–Crippen MR) is 68.4 cm³/mol. The number of halogens is 1. The molecule has 0 spiro atoms. The Balaban J connectivity index is 2.19. The number of rotatable bonds is 2. The number of nitriles is 1. The zero-order chi connectivity index (χ0) is 13.0. The van der Waals surface area contributed by atoms with Crippen LogP contribution in [0.25, 0.3) is 0 Å². The van der Waals surface area contributed by atoms with Gasteiger partial charge in [-0.1, -0.05) is 18.2 Å². The first-order valence-electron chi connectivity index (χ1n) is 6.29. The van der Waals surface area contributed by atoms with Crippen LogP contribution in [0.4, 0.5) is 4.39 Å². The zero-order valence-electron chi connectivity index (χ0n) is 10.6. The summed E-state index contributed by atoms with van der Waals surface area (Å²) < 4.78 is 13.8. The topological polar surface area (TPSA) is 30.3 Å². The van der Waals surface area contributed by atoms with Crippen LogP contribution in [0.2, 0.25) is 0 Å². The number of nitrogens with zero attached hydrogens (tertiary/aromatic N) is 3. The van der Waals surface area contributed by atoms with Gasteiger partial charge in [-0.3, -0.25) is 4.90 Å². The molecule has 0 amide bonds. The van der Waals surface area contributed by atoms with Gasteiger partial charge in [-0.15, -0.1) is 0 Å². The van der Waals surface area contributed by atoms with Crippen molar-refractivity contribution in [1.82, 2.24) is 9.80 Å². The molecule has 0 saturated carbocycles. The van der Waals surface area contributed by atoms with E-state index in [9.17, 15) is 9.65 Å². The average Bonchev–Trinajstić information content (AvgIpc) is 2.58. The van der Waals surface area contributed by atoms with Gasteiger partial charge in [0.25, 0.3) is 0 Å².